The lowest BCUT2D eigenvalue weighted by atomic mass is 9.69. The number of methoxy groups -OCH3 is 1. The second-order valence-corrected chi connectivity index (χ2v) is 11.8. The number of nitrogens with zero attached hydrogens (tertiary/aromatic N) is 1. The van der Waals surface area contributed by atoms with E-state index < -0.39 is 11.8 Å². The number of ether oxygens (including phenoxy) is 3. The summed E-state index contributed by atoms with van der Waals surface area (Å²) in [6.45, 7) is 6.52. The molecule has 3 aromatic carbocycles. The van der Waals surface area contributed by atoms with E-state index in [-0.39, 0.29) is 23.6 Å². The minimum absolute atomic E-state index is 0.0116. The van der Waals surface area contributed by atoms with Crippen LogP contribution >= 0.6 is 11.6 Å². The monoisotopic (exact) mass is 585 g/mol. The second kappa shape index (κ2) is 13.0. The number of esters is 1. The van der Waals surface area contributed by atoms with Gasteiger partial charge in [-0.25, -0.2) is 0 Å². The minimum atomic E-state index is -0.723. The van der Waals surface area contributed by atoms with Crippen LogP contribution in [-0.2, 0) is 20.9 Å². The van der Waals surface area contributed by atoms with E-state index >= 15 is 0 Å². The first-order valence-electron chi connectivity index (χ1n) is 14.3. The first-order chi connectivity index (χ1) is 20.2. The zero-order valence-electron chi connectivity index (χ0n) is 24.4. The van der Waals surface area contributed by atoms with Crippen molar-refractivity contribution in [3.63, 3.8) is 0 Å². The summed E-state index contributed by atoms with van der Waals surface area (Å²) in [6, 6.07) is 23.1. The third-order valence-corrected chi connectivity index (χ3v) is 8.08. The van der Waals surface area contributed by atoms with Crippen LogP contribution in [0.5, 0.6) is 11.5 Å². The number of Topliss-reactive ketones (excluding diaryl/α,β-unsaturated/α-hetero) is 1. The molecule has 0 spiro atoms. The largest absolute Gasteiger partial charge is 0.493 e. The van der Waals surface area contributed by atoms with E-state index in [1.54, 1.807) is 7.11 Å². The number of carbonyl (C=O) groups excluding carboxylic acids is 2. The zero-order chi connectivity index (χ0) is 29.8. The maximum absolute atomic E-state index is 13.9. The highest BCUT2D eigenvalue weighted by Crippen LogP contribution is 2.48. The van der Waals surface area contributed by atoms with Crippen molar-refractivity contribution in [1.82, 2.24) is 0 Å². The molecule has 0 saturated heterocycles. The summed E-state index contributed by atoms with van der Waals surface area (Å²) >= 11 is 6.11. The van der Waals surface area contributed by atoms with E-state index in [1.165, 1.54) is 0 Å². The topological polar surface area (TPSA) is 74.2 Å². The molecule has 0 fully saturated rings. The average Bonchev–Trinajstić information content (AvgIpc) is 2.98. The summed E-state index contributed by atoms with van der Waals surface area (Å²) < 4.78 is 17.5. The SMILES string of the molecule is COc1cc([C@H]2C3=C(C[C@H](c4ccc(Cl)cc4)CC3=O)N=C(C)C2C(=O)OCC(C)C)ccc1OCc1ccccc1. The maximum atomic E-state index is 13.9. The quantitative estimate of drug-likeness (QED) is 0.241. The standard InChI is InChI=1S/C35H36ClNO5/c1-21(2)19-42-35(39)32-22(3)37-28-16-26(24-10-13-27(36)14-11-24)17-29(38)34(28)33(32)25-12-15-30(31(18-25)40-4)41-20-23-8-6-5-7-9-23/h5-15,18,21,26,32-33H,16-17,19-20H2,1-4H3/t26-,32?,33+/m0/s1. The lowest BCUT2D eigenvalue weighted by Gasteiger charge is -2.36. The van der Waals surface area contributed by atoms with Crippen molar-refractivity contribution in [2.75, 3.05) is 13.7 Å². The van der Waals surface area contributed by atoms with E-state index in [2.05, 4.69) is 0 Å². The molecule has 0 bridgehead atoms. The lowest BCUT2D eigenvalue weighted by Crippen LogP contribution is -2.38. The van der Waals surface area contributed by atoms with Crippen molar-refractivity contribution >= 4 is 29.1 Å². The van der Waals surface area contributed by atoms with Crippen LogP contribution in [0.3, 0.4) is 0 Å². The van der Waals surface area contributed by atoms with Crippen LogP contribution in [0.1, 0.15) is 62.1 Å². The molecule has 3 atom stereocenters. The highest BCUT2D eigenvalue weighted by Gasteiger charge is 2.45. The smallest absolute Gasteiger partial charge is 0.315 e. The number of carbonyl (C=O) groups is 2. The van der Waals surface area contributed by atoms with Crippen molar-refractivity contribution in [3.05, 3.63) is 106 Å². The number of benzene rings is 3. The van der Waals surface area contributed by atoms with Gasteiger partial charge >= 0.3 is 5.97 Å². The zero-order valence-corrected chi connectivity index (χ0v) is 25.2. The van der Waals surface area contributed by atoms with E-state index in [0.29, 0.717) is 53.9 Å². The average molecular weight is 586 g/mol. The summed E-state index contributed by atoms with van der Waals surface area (Å²) in [6.07, 6.45) is 0.925. The van der Waals surface area contributed by atoms with Gasteiger partial charge in [-0.2, -0.15) is 0 Å². The molecular weight excluding hydrogens is 550 g/mol. The van der Waals surface area contributed by atoms with Crippen LogP contribution in [0, 0.1) is 11.8 Å². The van der Waals surface area contributed by atoms with Gasteiger partial charge < -0.3 is 14.2 Å². The van der Waals surface area contributed by atoms with Crippen LogP contribution in [-0.4, -0.2) is 31.2 Å². The number of hydrogen-bond donors (Lipinski definition) is 0. The fraction of sp³-hybridized carbons (Fsp3) is 0.343. The minimum Gasteiger partial charge on any atom is -0.493 e. The summed E-state index contributed by atoms with van der Waals surface area (Å²) in [7, 11) is 1.59. The molecular formula is C35H36ClNO5. The van der Waals surface area contributed by atoms with Gasteiger partial charge in [0.2, 0.25) is 0 Å². The van der Waals surface area contributed by atoms with Gasteiger partial charge in [0, 0.05) is 34.3 Å². The first-order valence-corrected chi connectivity index (χ1v) is 14.7. The molecule has 6 nitrogen and oxygen atoms in total. The Morgan fingerprint density at radius 2 is 1.69 bits per heavy atom. The predicted octanol–water partition coefficient (Wildman–Crippen LogP) is 7.70. The summed E-state index contributed by atoms with van der Waals surface area (Å²) in [5, 5.41) is 0.653. The molecule has 1 aliphatic carbocycles. The normalized spacial score (nSPS) is 20.2. The Balaban J connectivity index is 1.52. The highest BCUT2D eigenvalue weighted by atomic mass is 35.5. The Hall–Kier alpha value is -3.90. The lowest BCUT2D eigenvalue weighted by molar-refractivity contribution is -0.147. The van der Waals surface area contributed by atoms with Crippen LogP contribution in [0.4, 0.5) is 0 Å². The third-order valence-electron chi connectivity index (χ3n) is 7.83. The fourth-order valence-corrected chi connectivity index (χ4v) is 5.89. The Bertz CT molecular complexity index is 1510. The summed E-state index contributed by atoms with van der Waals surface area (Å²) in [5.74, 6) is -0.384. The molecule has 3 aromatic rings. The molecule has 7 heteroatoms. The fourth-order valence-electron chi connectivity index (χ4n) is 5.77. The molecule has 0 aromatic heterocycles. The van der Waals surface area contributed by atoms with Crippen LogP contribution in [0.25, 0.3) is 0 Å². The molecule has 0 amide bonds. The van der Waals surface area contributed by atoms with Gasteiger partial charge in [-0.3, -0.25) is 14.6 Å². The Morgan fingerprint density at radius 3 is 2.38 bits per heavy atom. The van der Waals surface area contributed by atoms with Gasteiger partial charge in [0.1, 0.15) is 12.5 Å². The molecule has 0 saturated carbocycles. The van der Waals surface area contributed by atoms with E-state index in [4.69, 9.17) is 30.8 Å². The van der Waals surface area contributed by atoms with Gasteiger partial charge in [0.15, 0.2) is 17.3 Å². The summed E-state index contributed by atoms with van der Waals surface area (Å²) in [5.41, 5.74) is 4.81. The molecule has 1 aliphatic heterocycles. The molecule has 2 aliphatic rings. The van der Waals surface area contributed by atoms with Gasteiger partial charge in [0.25, 0.3) is 0 Å². The van der Waals surface area contributed by atoms with Gasteiger partial charge in [-0.05, 0) is 66.1 Å². The van der Waals surface area contributed by atoms with Crippen molar-refractivity contribution in [2.45, 2.75) is 52.1 Å². The number of hydrogen-bond acceptors (Lipinski definition) is 6. The maximum Gasteiger partial charge on any atom is 0.315 e. The Labute approximate surface area is 252 Å². The van der Waals surface area contributed by atoms with Crippen LogP contribution < -0.4 is 9.47 Å². The molecule has 5 rings (SSSR count). The molecule has 0 N–H and O–H groups in total. The molecule has 1 heterocycles. The van der Waals surface area contributed by atoms with Gasteiger partial charge in [-0.15, -0.1) is 0 Å². The molecule has 218 valence electrons. The van der Waals surface area contributed by atoms with Crippen LogP contribution in [0.15, 0.2) is 89.1 Å². The van der Waals surface area contributed by atoms with Crippen molar-refractivity contribution in [3.8, 4) is 11.5 Å². The predicted molar refractivity (Wildman–Crippen MR) is 164 cm³/mol. The number of rotatable bonds is 9. The van der Waals surface area contributed by atoms with Gasteiger partial charge in [-0.1, -0.05) is 74.0 Å². The van der Waals surface area contributed by atoms with E-state index in [0.717, 1.165) is 22.4 Å². The number of halogens is 1. The van der Waals surface area contributed by atoms with Gasteiger partial charge in [0.05, 0.1) is 13.7 Å². The van der Waals surface area contributed by atoms with Crippen molar-refractivity contribution in [2.24, 2.45) is 16.8 Å². The second-order valence-electron chi connectivity index (χ2n) is 11.4. The van der Waals surface area contributed by atoms with E-state index in [9.17, 15) is 9.59 Å². The molecule has 42 heavy (non-hydrogen) atoms. The number of ketones is 1. The highest BCUT2D eigenvalue weighted by molar-refractivity contribution is 6.30. The Kier molecular flexibility index (Phi) is 9.12. The number of aliphatic imine (C=N–C) groups is 1. The van der Waals surface area contributed by atoms with Crippen molar-refractivity contribution < 1.29 is 23.8 Å². The first kappa shape index (κ1) is 29.6. The summed E-state index contributed by atoms with van der Waals surface area (Å²) in [4.78, 5) is 32.4. The van der Waals surface area contributed by atoms with Crippen LogP contribution in [0.2, 0.25) is 5.02 Å². The van der Waals surface area contributed by atoms with E-state index in [1.807, 2.05) is 93.6 Å². The Morgan fingerprint density at radius 1 is 0.976 bits per heavy atom. The molecule has 0 radical (unpaired) electrons. The number of allylic oxidation sites excluding steroid dienone is 2. The van der Waals surface area contributed by atoms with Crippen molar-refractivity contribution in [1.29, 1.82) is 0 Å². The third kappa shape index (κ3) is 6.44. The molecule has 1 unspecified atom stereocenters.